The maximum absolute atomic E-state index is 12.5. The van der Waals surface area contributed by atoms with Gasteiger partial charge in [-0.1, -0.05) is 11.6 Å². The fourth-order valence-corrected chi connectivity index (χ4v) is 3.49. The molecule has 108 valence electrons. The number of aliphatic hydroxyl groups is 1. The molecule has 1 aromatic heterocycles. The molecule has 20 heavy (non-hydrogen) atoms. The van der Waals surface area contributed by atoms with Crippen LogP contribution in [0.2, 0.25) is 5.15 Å². The number of hydrogen-bond donors (Lipinski definition) is 3. The quantitative estimate of drug-likeness (QED) is 0.428. The van der Waals surface area contributed by atoms with E-state index in [1.165, 1.54) is 6.07 Å². The number of nitrogens with one attached hydrogen (secondary N) is 1. The minimum absolute atomic E-state index is 0.0904. The van der Waals surface area contributed by atoms with Crippen molar-refractivity contribution in [3.05, 3.63) is 22.8 Å². The highest BCUT2D eigenvalue weighted by Gasteiger charge is 2.43. The van der Waals surface area contributed by atoms with Crippen LogP contribution in [0.5, 0.6) is 0 Å². The van der Waals surface area contributed by atoms with E-state index in [-0.39, 0.29) is 23.1 Å². The number of carbonyl (C=O) groups excluding carboxylic acids is 1. The molecule has 0 aromatic carbocycles. The first-order chi connectivity index (χ1) is 9.58. The van der Waals surface area contributed by atoms with Crippen LogP contribution in [0.4, 0.5) is 5.82 Å². The number of likely N-dealkylation sites (tertiary alicyclic amines) is 1. The molecule has 1 saturated carbocycles. The minimum Gasteiger partial charge on any atom is -0.393 e. The van der Waals surface area contributed by atoms with Gasteiger partial charge >= 0.3 is 0 Å². The van der Waals surface area contributed by atoms with E-state index in [9.17, 15) is 9.90 Å². The number of nitrogens with two attached hydrogens (primary N) is 1. The summed E-state index contributed by atoms with van der Waals surface area (Å²) in [6.07, 6.45) is 1.56. The summed E-state index contributed by atoms with van der Waals surface area (Å²) < 4.78 is 0. The van der Waals surface area contributed by atoms with Crippen molar-refractivity contribution in [2.75, 3.05) is 18.5 Å². The van der Waals surface area contributed by atoms with Crippen molar-refractivity contribution in [2.24, 2.45) is 17.7 Å². The Kier molecular flexibility index (Phi) is 3.54. The van der Waals surface area contributed by atoms with Crippen molar-refractivity contribution in [3.8, 4) is 0 Å². The Hall–Kier alpha value is -1.37. The molecule has 7 heteroatoms. The first-order valence-electron chi connectivity index (χ1n) is 6.70. The first kappa shape index (κ1) is 13.6. The van der Waals surface area contributed by atoms with Crippen LogP contribution in [0, 0.1) is 11.8 Å². The Morgan fingerprint density at radius 3 is 2.95 bits per heavy atom. The number of anilines is 1. The third-order valence-corrected chi connectivity index (χ3v) is 4.49. The summed E-state index contributed by atoms with van der Waals surface area (Å²) in [5, 5.41) is 10.1. The van der Waals surface area contributed by atoms with Gasteiger partial charge in [0.2, 0.25) is 0 Å². The lowest BCUT2D eigenvalue weighted by Gasteiger charge is -2.18. The summed E-state index contributed by atoms with van der Waals surface area (Å²) >= 11 is 5.88. The lowest BCUT2D eigenvalue weighted by molar-refractivity contribution is 0.0752. The molecule has 0 bridgehead atoms. The molecule has 1 amide bonds. The summed E-state index contributed by atoms with van der Waals surface area (Å²) in [6.45, 7) is 1.31. The number of hydrazine groups is 1. The van der Waals surface area contributed by atoms with E-state index in [1.807, 2.05) is 0 Å². The van der Waals surface area contributed by atoms with Gasteiger partial charge in [-0.2, -0.15) is 0 Å². The monoisotopic (exact) mass is 296 g/mol. The van der Waals surface area contributed by atoms with E-state index in [1.54, 1.807) is 11.0 Å². The van der Waals surface area contributed by atoms with Crippen LogP contribution < -0.4 is 11.3 Å². The highest BCUT2D eigenvalue weighted by molar-refractivity contribution is 6.29. The predicted octanol–water partition coefficient (Wildman–Crippen LogP) is 0.863. The molecule has 0 radical (unpaired) electrons. The molecule has 2 fully saturated rings. The van der Waals surface area contributed by atoms with E-state index < -0.39 is 0 Å². The molecule has 4 N–H and O–H groups in total. The zero-order valence-corrected chi connectivity index (χ0v) is 11.7. The van der Waals surface area contributed by atoms with Crippen LogP contribution in [0.1, 0.15) is 23.2 Å². The molecule has 3 rings (SSSR count). The smallest absolute Gasteiger partial charge is 0.254 e. The molecule has 2 heterocycles. The van der Waals surface area contributed by atoms with Gasteiger partial charge in [0.1, 0.15) is 11.0 Å². The Morgan fingerprint density at radius 1 is 1.45 bits per heavy atom. The molecule has 6 nitrogen and oxygen atoms in total. The summed E-state index contributed by atoms with van der Waals surface area (Å²) in [5.74, 6) is 6.20. The zero-order chi connectivity index (χ0) is 14.3. The van der Waals surface area contributed by atoms with Crippen LogP contribution in [0.3, 0.4) is 0 Å². The maximum Gasteiger partial charge on any atom is 0.254 e. The number of carbonyl (C=O) groups is 1. The summed E-state index contributed by atoms with van der Waals surface area (Å²) in [5.41, 5.74) is 2.86. The number of nitrogen functional groups attached to an aromatic ring is 1. The van der Waals surface area contributed by atoms with E-state index in [2.05, 4.69) is 10.4 Å². The summed E-state index contributed by atoms with van der Waals surface area (Å²) in [7, 11) is 0. The first-order valence-corrected chi connectivity index (χ1v) is 7.08. The molecule has 3 atom stereocenters. The summed E-state index contributed by atoms with van der Waals surface area (Å²) in [4.78, 5) is 18.2. The second-order valence-corrected chi connectivity index (χ2v) is 5.87. The molecule has 0 spiro atoms. The van der Waals surface area contributed by atoms with Gasteiger partial charge in [-0.05, 0) is 30.9 Å². The van der Waals surface area contributed by atoms with Crippen LogP contribution in [0.15, 0.2) is 12.1 Å². The number of rotatable bonds is 2. The van der Waals surface area contributed by atoms with Crippen LogP contribution in [0.25, 0.3) is 0 Å². The van der Waals surface area contributed by atoms with E-state index in [0.29, 0.717) is 30.4 Å². The van der Waals surface area contributed by atoms with Crippen molar-refractivity contribution in [1.82, 2.24) is 9.88 Å². The van der Waals surface area contributed by atoms with Crippen molar-refractivity contribution >= 4 is 23.3 Å². The number of fused-ring (bicyclic) bond motifs is 1. The summed E-state index contributed by atoms with van der Waals surface area (Å²) in [6, 6.07) is 3.12. The SMILES string of the molecule is NNc1cc(C(=O)N2CC3CCC(O)C3C2)cc(Cl)n1. The molecular weight excluding hydrogens is 280 g/mol. The van der Waals surface area contributed by atoms with Crippen LogP contribution in [-0.4, -0.2) is 40.1 Å². The molecule has 3 unspecified atom stereocenters. The zero-order valence-electron chi connectivity index (χ0n) is 10.9. The van der Waals surface area contributed by atoms with Gasteiger partial charge < -0.3 is 15.4 Å². The topological polar surface area (TPSA) is 91.5 Å². The van der Waals surface area contributed by atoms with Crippen molar-refractivity contribution < 1.29 is 9.90 Å². The molecule has 1 aromatic rings. The number of hydrogen-bond acceptors (Lipinski definition) is 5. The highest BCUT2D eigenvalue weighted by Crippen LogP contribution is 2.38. The lowest BCUT2D eigenvalue weighted by atomic mass is 10.00. The third kappa shape index (κ3) is 2.34. The number of nitrogens with zero attached hydrogens (tertiary/aromatic N) is 2. The van der Waals surface area contributed by atoms with Gasteiger partial charge in [0, 0.05) is 24.6 Å². The van der Waals surface area contributed by atoms with Gasteiger partial charge in [-0.25, -0.2) is 10.8 Å². The Bertz CT molecular complexity index is 539. The fraction of sp³-hybridized carbons (Fsp3) is 0.538. The minimum atomic E-state index is -0.278. The van der Waals surface area contributed by atoms with Crippen LogP contribution in [-0.2, 0) is 0 Å². The molecule has 1 saturated heterocycles. The molecule has 2 aliphatic rings. The van der Waals surface area contributed by atoms with Gasteiger partial charge in [0.25, 0.3) is 5.91 Å². The van der Waals surface area contributed by atoms with Crippen LogP contribution >= 0.6 is 11.6 Å². The van der Waals surface area contributed by atoms with Gasteiger partial charge in [-0.3, -0.25) is 4.79 Å². The second-order valence-electron chi connectivity index (χ2n) is 5.49. The standard InChI is InChI=1S/C13H17ClN4O2/c14-11-3-8(4-12(16-11)17-15)13(20)18-5-7-1-2-10(19)9(7)6-18/h3-4,7,9-10,19H,1-2,5-6,15H2,(H,16,17). The van der Waals surface area contributed by atoms with E-state index in [0.717, 1.165) is 12.8 Å². The van der Waals surface area contributed by atoms with Crippen molar-refractivity contribution in [3.63, 3.8) is 0 Å². The average Bonchev–Trinajstić information content (AvgIpc) is 3.00. The molecular formula is C13H17ClN4O2. The number of amides is 1. The predicted molar refractivity (Wildman–Crippen MR) is 75.2 cm³/mol. The van der Waals surface area contributed by atoms with Crippen molar-refractivity contribution in [2.45, 2.75) is 18.9 Å². The fourth-order valence-electron chi connectivity index (χ4n) is 3.28. The molecule has 1 aliphatic carbocycles. The van der Waals surface area contributed by atoms with Gasteiger partial charge in [0.05, 0.1) is 6.10 Å². The number of aromatic nitrogens is 1. The van der Waals surface area contributed by atoms with E-state index >= 15 is 0 Å². The van der Waals surface area contributed by atoms with Crippen molar-refractivity contribution in [1.29, 1.82) is 0 Å². The van der Waals surface area contributed by atoms with E-state index in [4.69, 9.17) is 17.4 Å². The average molecular weight is 297 g/mol. The number of aliphatic hydroxyl groups excluding tert-OH is 1. The number of halogens is 1. The molecule has 1 aliphatic heterocycles. The Balaban J connectivity index is 1.78. The second kappa shape index (κ2) is 5.20. The highest BCUT2D eigenvalue weighted by atomic mass is 35.5. The Labute approximate surface area is 121 Å². The Morgan fingerprint density at radius 2 is 2.25 bits per heavy atom. The normalized spacial score (nSPS) is 28.6. The lowest BCUT2D eigenvalue weighted by Crippen LogP contribution is -2.31. The van der Waals surface area contributed by atoms with Gasteiger partial charge in [-0.15, -0.1) is 0 Å². The maximum atomic E-state index is 12.5. The third-order valence-electron chi connectivity index (χ3n) is 4.30. The van der Waals surface area contributed by atoms with Gasteiger partial charge in [0.15, 0.2) is 0 Å². The largest absolute Gasteiger partial charge is 0.393 e. The number of pyridine rings is 1.